The first-order chi connectivity index (χ1) is 11.7. The lowest BCUT2D eigenvalue weighted by Crippen LogP contribution is -2.08. The molecule has 1 heterocycles. The topological polar surface area (TPSA) is 134 Å². The van der Waals surface area contributed by atoms with Crippen LogP contribution >= 0.6 is 0 Å². The number of aryl methyl sites for hydroxylation is 1. The van der Waals surface area contributed by atoms with Gasteiger partial charge in [-0.25, -0.2) is 4.79 Å². The van der Waals surface area contributed by atoms with E-state index in [0.29, 0.717) is 34.9 Å². The van der Waals surface area contributed by atoms with Crippen LogP contribution in [0.1, 0.15) is 41.4 Å². The van der Waals surface area contributed by atoms with Crippen LogP contribution in [0.15, 0.2) is 18.2 Å². The maximum atomic E-state index is 12.2. The van der Waals surface area contributed by atoms with Crippen LogP contribution in [0.4, 0.5) is 0 Å². The monoisotopic (exact) mass is 369 g/mol. The van der Waals surface area contributed by atoms with Crippen molar-refractivity contribution in [2.24, 2.45) is 0 Å². The highest BCUT2D eigenvalue weighted by Gasteiger charge is 2.21. The summed E-state index contributed by atoms with van der Waals surface area (Å²) in [6, 6.07) is 4.85. The van der Waals surface area contributed by atoms with E-state index in [-0.39, 0.29) is 18.7 Å². The Labute approximate surface area is 144 Å². The fraction of sp³-hybridized carbons (Fsp3) is 0.375. The van der Waals surface area contributed by atoms with Crippen molar-refractivity contribution in [3.05, 3.63) is 35.0 Å². The fourth-order valence-corrected chi connectivity index (χ4v) is 3.34. The van der Waals surface area contributed by atoms with Crippen LogP contribution in [-0.2, 0) is 31.8 Å². The summed E-state index contributed by atoms with van der Waals surface area (Å²) in [4.78, 5) is 25.8. The second-order valence-electron chi connectivity index (χ2n) is 5.51. The number of carbonyl (C=O) groups is 2. The summed E-state index contributed by atoms with van der Waals surface area (Å²) in [6.45, 7) is 1.83. The number of benzene rings is 1. The number of aromatic amines is 1. The first kappa shape index (κ1) is 18.9. The minimum absolute atomic E-state index is 0.0559. The normalized spacial score (nSPS) is 11.6. The van der Waals surface area contributed by atoms with E-state index in [2.05, 4.69) is 4.98 Å². The first-order valence-corrected chi connectivity index (χ1v) is 9.30. The number of fused-ring (bicyclic) bond motifs is 1. The lowest BCUT2D eigenvalue weighted by Gasteiger charge is -2.04. The van der Waals surface area contributed by atoms with Crippen LogP contribution in [0.5, 0.6) is 0 Å². The van der Waals surface area contributed by atoms with Gasteiger partial charge in [-0.3, -0.25) is 9.35 Å². The van der Waals surface area contributed by atoms with Crippen LogP contribution in [0.3, 0.4) is 0 Å². The zero-order valence-corrected chi connectivity index (χ0v) is 14.4. The van der Waals surface area contributed by atoms with Crippen molar-refractivity contribution in [1.82, 2.24) is 4.98 Å². The number of hydrogen-bond acceptors (Lipinski definition) is 5. The number of H-pyrrole nitrogens is 1. The molecular formula is C16H19NO7S. The van der Waals surface area contributed by atoms with Crippen LogP contribution in [-0.4, -0.2) is 41.6 Å². The summed E-state index contributed by atoms with van der Waals surface area (Å²) in [5, 5.41) is 9.40. The quantitative estimate of drug-likeness (QED) is 0.479. The maximum absolute atomic E-state index is 12.2. The zero-order valence-electron chi connectivity index (χ0n) is 13.6. The van der Waals surface area contributed by atoms with E-state index in [0.717, 1.165) is 0 Å². The molecular weight excluding hydrogens is 350 g/mol. The molecule has 9 heteroatoms. The van der Waals surface area contributed by atoms with Gasteiger partial charge in [-0.2, -0.15) is 8.42 Å². The minimum atomic E-state index is -4.24. The predicted molar refractivity (Wildman–Crippen MR) is 90.1 cm³/mol. The number of aromatic nitrogens is 1. The molecule has 0 fully saturated rings. The molecule has 0 saturated carbocycles. The molecule has 0 unspecified atom stereocenters. The third-order valence-corrected chi connectivity index (χ3v) is 4.34. The van der Waals surface area contributed by atoms with Crippen LogP contribution < -0.4 is 0 Å². The van der Waals surface area contributed by atoms with Gasteiger partial charge in [0.2, 0.25) is 0 Å². The van der Waals surface area contributed by atoms with E-state index < -0.39 is 27.8 Å². The minimum Gasteiger partial charge on any atom is -0.481 e. The van der Waals surface area contributed by atoms with Gasteiger partial charge in [0.1, 0.15) is 11.4 Å². The largest absolute Gasteiger partial charge is 0.481 e. The number of aliphatic carboxylic acids is 1. The van der Waals surface area contributed by atoms with Gasteiger partial charge in [0.05, 0.1) is 12.1 Å². The Morgan fingerprint density at radius 1 is 1.28 bits per heavy atom. The van der Waals surface area contributed by atoms with Crippen molar-refractivity contribution in [1.29, 1.82) is 0 Å². The molecule has 3 N–H and O–H groups in total. The number of carboxylic acids is 1. The van der Waals surface area contributed by atoms with Crippen LogP contribution in [0, 0.1) is 0 Å². The number of nitrogens with one attached hydrogen (secondary N) is 1. The van der Waals surface area contributed by atoms with Gasteiger partial charge in [0.25, 0.3) is 10.1 Å². The van der Waals surface area contributed by atoms with E-state index in [1.165, 1.54) is 6.07 Å². The fourth-order valence-electron chi connectivity index (χ4n) is 2.70. The van der Waals surface area contributed by atoms with Crippen molar-refractivity contribution < 1.29 is 32.4 Å². The lowest BCUT2D eigenvalue weighted by molar-refractivity contribution is -0.137. The van der Waals surface area contributed by atoms with Crippen molar-refractivity contribution in [3.63, 3.8) is 0 Å². The van der Waals surface area contributed by atoms with E-state index in [1.54, 1.807) is 19.1 Å². The standard InChI is InChI=1S/C16H19NO7S/c1-2-24-16(20)15-12(7-4-8-13(18)19)11-6-3-5-10(14(11)17-15)9-25(21,22)23/h3,5-6,17H,2,4,7-9H2,1H3,(H,18,19)(H,21,22,23). The number of rotatable bonds is 8. The Kier molecular flexibility index (Phi) is 5.81. The number of ether oxygens (including phenoxy) is 1. The van der Waals surface area contributed by atoms with Crippen molar-refractivity contribution in [3.8, 4) is 0 Å². The van der Waals surface area contributed by atoms with Gasteiger partial charge in [-0.15, -0.1) is 0 Å². The lowest BCUT2D eigenvalue weighted by atomic mass is 10.0. The molecule has 1 aromatic carbocycles. The number of esters is 1. The Hall–Kier alpha value is -2.39. The summed E-state index contributed by atoms with van der Waals surface area (Å²) < 4.78 is 36.5. The second kappa shape index (κ2) is 7.66. The highest BCUT2D eigenvalue weighted by molar-refractivity contribution is 7.85. The molecule has 25 heavy (non-hydrogen) atoms. The molecule has 0 spiro atoms. The summed E-state index contributed by atoms with van der Waals surface area (Å²) in [7, 11) is -4.24. The van der Waals surface area contributed by atoms with Gasteiger partial charge < -0.3 is 14.8 Å². The molecule has 0 bridgehead atoms. The van der Waals surface area contributed by atoms with Crippen LogP contribution in [0.2, 0.25) is 0 Å². The smallest absolute Gasteiger partial charge is 0.355 e. The maximum Gasteiger partial charge on any atom is 0.355 e. The van der Waals surface area contributed by atoms with E-state index in [9.17, 15) is 18.0 Å². The molecule has 8 nitrogen and oxygen atoms in total. The van der Waals surface area contributed by atoms with Crippen molar-refractivity contribution in [2.45, 2.75) is 31.9 Å². The molecule has 0 aliphatic heterocycles. The average molecular weight is 369 g/mol. The molecule has 0 saturated heterocycles. The van der Waals surface area contributed by atoms with Crippen molar-refractivity contribution in [2.75, 3.05) is 6.61 Å². The molecule has 2 rings (SSSR count). The van der Waals surface area contributed by atoms with E-state index in [1.807, 2.05) is 0 Å². The Morgan fingerprint density at radius 3 is 2.60 bits per heavy atom. The van der Waals surface area contributed by atoms with Crippen LogP contribution in [0.25, 0.3) is 10.9 Å². The molecule has 2 aromatic rings. The molecule has 1 aromatic heterocycles. The summed E-state index contributed by atoms with van der Waals surface area (Å²) >= 11 is 0. The Bertz CT molecular complexity index is 899. The van der Waals surface area contributed by atoms with E-state index in [4.69, 9.17) is 14.4 Å². The summed E-state index contributed by atoms with van der Waals surface area (Å²) in [6.07, 6.45) is 0.576. The number of carboxylic acid groups (broad SMARTS) is 1. The van der Waals surface area contributed by atoms with E-state index >= 15 is 0 Å². The molecule has 0 atom stereocenters. The first-order valence-electron chi connectivity index (χ1n) is 7.69. The average Bonchev–Trinajstić information content (AvgIpc) is 2.86. The van der Waals surface area contributed by atoms with Crippen molar-refractivity contribution >= 4 is 33.0 Å². The second-order valence-corrected chi connectivity index (χ2v) is 6.96. The highest BCUT2D eigenvalue weighted by atomic mass is 32.2. The predicted octanol–water partition coefficient (Wildman–Crippen LogP) is 2.14. The number of hydrogen-bond donors (Lipinski definition) is 3. The molecule has 136 valence electrons. The van der Waals surface area contributed by atoms with Gasteiger partial charge in [0.15, 0.2) is 0 Å². The SMILES string of the molecule is CCOC(=O)c1[nH]c2c(CS(=O)(=O)O)cccc2c1CCCC(=O)O. The third kappa shape index (κ3) is 4.80. The molecule has 0 amide bonds. The Balaban J connectivity index is 2.53. The summed E-state index contributed by atoms with van der Waals surface area (Å²) in [5.74, 6) is -2.13. The summed E-state index contributed by atoms with van der Waals surface area (Å²) in [5.41, 5.74) is 1.47. The zero-order chi connectivity index (χ0) is 18.6. The highest BCUT2D eigenvalue weighted by Crippen LogP contribution is 2.28. The van der Waals surface area contributed by atoms with Gasteiger partial charge in [-0.05, 0) is 30.9 Å². The molecule has 0 aliphatic carbocycles. The molecule has 0 aliphatic rings. The van der Waals surface area contributed by atoms with Gasteiger partial charge >= 0.3 is 11.9 Å². The van der Waals surface area contributed by atoms with Gasteiger partial charge in [0, 0.05) is 11.8 Å². The van der Waals surface area contributed by atoms with Gasteiger partial charge in [-0.1, -0.05) is 18.2 Å². The number of para-hydroxylation sites is 1. The molecule has 0 radical (unpaired) electrons. The Morgan fingerprint density at radius 2 is 2.00 bits per heavy atom. The third-order valence-electron chi connectivity index (χ3n) is 3.66. The number of carbonyl (C=O) groups excluding carboxylic acids is 1.